The van der Waals surface area contributed by atoms with Crippen LogP contribution in [0.3, 0.4) is 0 Å². The van der Waals surface area contributed by atoms with Gasteiger partial charge in [-0.05, 0) is 43.8 Å². The van der Waals surface area contributed by atoms with Crippen LogP contribution in [0, 0.1) is 12.8 Å². The predicted molar refractivity (Wildman–Crippen MR) is 62.7 cm³/mol. The summed E-state index contributed by atoms with van der Waals surface area (Å²) in [4.78, 5) is 0. The lowest BCUT2D eigenvalue weighted by Crippen LogP contribution is -2.17. The van der Waals surface area contributed by atoms with Crippen LogP contribution in [0.4, 0.5) is 0 Å². The van der Waals surface area contributed by atoms with Gasteiger partial charge < -0.3 is 9.73 Å². The van der Waals surface area contributed by atoms with Crippen LogP contribution in [0.2, 0.25) is 0 Å². The van der Waals surface area contributed by atoms with E-state index in [-0.39, 0.29) is 0 Å². The maximum absolute atomic E-state index is 5.37. The first-order valence-corrected chi connectivity index (χ1v) is 6.14. The van der Waals surface area contributed by atoms with Crippen molar-refractivity contribution in [2.75, 3.05) is 19.3 Å². The lowest BCUT2D eigenvalue weighted by molar-refractivity contribution is 0.527. The molecule has 0 saturated carbocycles. The van der Waals surface area contributed by atoms with Crippen molar-refractivity contribution in [3.05, 3.63) is 23.7 Å². The molecule has 0 aliphatic carbocycles. The molecular weight excluding hydrogens is 194 g/mol. The van der Waals surface area contributed by atoms with Crippen LogP contribution >= 0.6 is 11.8 Å². The monoisotopic (exact) mass is 213 g/mol. The Morgan fingerprint density at radius 3 is 2.93 bits per heavy atom. The van der Waals surface area contributed by atoms with Gasteiger partial charge in [0.1, 0.15) is 5.76 Å². The number of nitrogens with one attached hydrogen (secondary N) is 1. The van der Waals surface area contributed by atoms with Gasteiger partial charge in [-0.25, -0.2) is 0 Å². The Morgan fingerprint density at radius 2 is 2.36 bits per heavy atom. The van der Waals surface area contributed by atoms with E-state index in [9.17, 15) is 0 Å². The molecule has 14 heavy (non-hydrogen) atoms. The average molecular weight is 213 g/mol. The van der Waals surface area contributed by atoms with Gasteiger partial charge in [0.2, 0.25) is 0 Å². The van der Waals surface area contributed by atoms with Gasteiger partial charge in [-0.15, -0.1) is 0 Å². The molecule has 0 saturated heterocycles. The third-order valence-electron chi connectivity index (χ3n) is 2.16. The minimum absolute atomic E-state index is 0.722. The molecule has 1 unspecified atom stereocenters. The lowest BCUT2D eigenvalue weighted by Gasteiger charge is -2.09. The van der Waals surface area contributed by atoms with Crippen molar-refractivity contribution in [3.63, 3.8) is 0 Å². The van der Waals surface area contributed by atoms with Crippen molar-refractivity contribution in [1.29, 1.82) is 0 Å². The molecule has 0 fully saturated rings. The van der Waals surface area contributed by atoms with Crippen LogP contribution in [0.1, 0.15) is 18.2 Å². The lowest BCUT2D eigenvalue weighted by atomic mass is 10.2. The van der Waals surface area contributed by atoms with Gasteiger partial charge in [0.25, 0.3) is 0 Å². The topological polar surface area (TPSA) is 25.2 Å². The number of thioether (sulfide) groups is 1. The molecule has 2 nitrogen and oxygen atoms in total. The Bertz CT molecular complexity index is 260. The third-order valence-corrected chi connectivity index (χ3v) is 3.43. The second-order valence-corrected chi connectivity index (χ2v) is 4.74. The molecule has 1 aromatic heterocycles. The van der Waals surface area contributed by atoms with E-state index in [0.717, 1.165) is 24.0 Å². The second-order valence-electron chi connectivity index (χ2n) is 3.70. The minimum Gasteiger partial charge on any atom is -0.468 e. The molecule has 1 N–H and O–H groups in total. The smallest absolute Gasteiger partial charge is 0.116 e. The quantitative estimate of drug-likeness (QED) is 0.786. The molecule has 0 amide bonds. The summed E-state index contributed by atoms with van der Waals surface area (Å²) in [6.45, 7) is 5.44. The molecule has 0 aromatic carbocycles. The van der Waals surface area contributed by atoms with E-state index < -0.39 is 0 Å². The summed E-state index contributed by atoms with van der Waals surface area (Å²) in [5.41, 5.74) is 1.26. The largest absolute Gasteiger partial charge is 0.468 e. The van der Waals surface area contributed by atoms with Gasteiger partial charge in [-0.2, -0.15) is 11.8 Å². The first-order chi connectivity index (χ1) is 6.74. The summed E-state index contributed by atoms with van der Waals surface area (Å²) in [5.74, 6) is 4.01. The standard InChI is InChI=1S/C11H19NOS/c1-9(6-12-3)7-14-8-11-10(2)4-5-13-11/h4-5,9,12H,6-8H2,1-3H3. The fraction of sp³-hybridized carbons (Fsp3) is 0.636. The normalized spacial score (nSPS) is 13.1. The number of hydrogen-bond acceptors (Lipinski definition) is 3. The van der Waals surface area contributed by atoms with Crippen LogP contribution in [0.25, 0.3) is 0 Å². The van der Waals surface area contributed by atoms with E-state index >= 15 is 0 Å². The van der Waals surface area contributed by atoms with Crippen molar-refractivity contribution in [2.45, 2.75) is 19.6 Å². The number of hydrogen-bond donors (Lipinski definition) is 1. The Balaban J connectivity index is 2.19. The number of aryl methyl sites for hydroxylation is 1. The highest BCUT2D eigenvalue weighted by atomic mass is 32.2. The number of rotatable bonds is 6. The first kappa shape index (κ1) is 11.7. The molecule has 0 bridgehead atoms. The van der Waals surface area contributed by atoms with Crippen LogP contribution in [0.5, 0.6) is 0 Å². The van der Waals surface area contributed by atoms with Crippen molar-refractivity contribution >= 4 is 11.8 Å². The van der Waals surface area contributed by atoms with Crippen molar-refractivity contribution in [2.24, 2.45) is 5.92 Å². The molecule has 1 rings (SSSR count). The zero-order valence-electron chi connectivity index (χ0n) is 9.17. The molecular formula is C11H19NOS. The van der Waals surface area contributed by atoms with E-state index in [2.05, 4.69) is 19.2 Å². The molecule has 0 aliphatic rings. The van der Waals surface area contributed by atoms with Gasteiger partial charge in [0, 0.05) is 0 Å². The summed E-state index contributed by atoms with van der Waals surface area (Å²) in [6.07, 6.45) is 1.77. The zero-order valence-corrected chi connectivity index (χ0v) is 9.99. The maximum Gasteiger partial charge on any atom is 0.116 e. The molecule has 3 heteroatoms. The highest BCUT2D eigenvalue weighted by Gasteiger charge is 2.04. The molecule has 0 spiro atoms. The highest BCUT2D eigenvalue weighted by Crippen LogP contribution is 2.18. The Morgan fingerprint density at radius 1 is 1.57 bits per heavy atom. The van der Waals surface area contributed by atoms with Gasteiger partial charge in [-0.1, -0.05) is 6.92 Å². The first-order valence-electron chi connectivity index (χ1n) is 4.99. The highest BCUT2D eigenvalue weighted by molar-refractivity contribution is 7.98. The van der Waals surface area contributed by atoms with Crippen molar-refractivity contribution in [1.82, 2.24) is 5.32 Å². The molecule has 1 aromatic rings. The van der Waals surface area contributed by atoms with Crippen LogP contribution in [-0.4, -0.2) is 19.3 Å². The van der Waals surface area contributed by atoms with E-state index in [1.807, 2.05) is 24.9 Å². The van der Waals surface area contributed by atoms with E-state index in [4.69, 9.17) is 4.42 Å². The van der Waals surface area contributed by atoms with Crippen LogP contribution < -0.4 is 5.32 Å². The number of furan rings is 1. The molecule has 1 atom stereocenters. The molecule has 1 heterocycles. The minimum atomic E-state index is 0.722. The fourth-order valence-corrected chi connectivity index (χ4v) is 2.43. The summed E-state index contributed by atoms with van der Waals surface area (Å²) >= 11 is 1.94. The molecule has 0 radical (unpaired) electrons. The summed E-state index contributed by atoms with van der Waals surface area (Å²) in [6, 6.07) is 2.02. The second kappa shape index (κ2) is 6.14. The maximum atomic E-state index is 5.37. The summed E-state index contributed by atoms with van der Waals surface area (Å²) in [5, 5.41) is 3.19. The predicted octanol–water partition coefficient (Wildman–Crippen LogP) is 2.68. The van der Waals surface area contributed by atoms with Gasteiger partial charge in [0.05, 0.1) is 12.0 Å². The third kappa shape index (κ3) is 3.76. The summed E-state index contributed by atoms with van der Waals surface area (Å²) in [7, 11) is 2.00. The average Bonchev–Trinajstić information content (AvgIpc) is 2.52. The zero-order chi connectivity index (χ0) is 10.4. The van der Waals surface area contributed by atoms with E-state index in [1.54, 1.807) is 6.26 Å². The Labute approximate surface area is 90.5 Å². The van der Waals surface area contributed by atoms with Crippen LogP contribution in [-0.2, 0) is 5.75 Å². The SMILES string of the molecule is CNCC(C)CSCc1occc1C. The van der Waals surface area contributed by atoms with E-state index in [1.165, 1.54) is 11.3 Å². The fourth-order valence-electron chi connectivity index (χ4n) is 1.31. The van der Waals surface area contributed by atoms with Crippen LogP contribution in [0.15, 0.2) is 16.7 Å². The Hall–Kier alpha value is -0.410. The summed E-state index contributed by atoms with van der Waals surface area (Å²) < 4.78 is 5.37. The molecule has 0 aliphatic heterocycles. The van der Waals surface area contributed by atoms with Crippen molar-refractivity contribution in [3.8, 4) is 0 Å². The Kier molecular flexibility index (Phi) is 5.12. The van der Waals surface area contributed by atoms with Gasteiger partial charge >= 0.3 is 0 Å². The van der Waals surface area contributed by atoms with Gasteiger partial charge in [0.15, 0.2) is 0 Å². The van der Waals surface area contributed by atoms with Crippen molar-refractivity contribution < 1.29 is 4.42 Å². The van der Waals surface area contributed by atoms with E-state index in [0.29, 0.717) is 0 Å². The molecule has 80 valence electrons. The van der Waals surface area contributed by atoms with Gasteiger partial charge in [-0.3, -0.25) is 0 Å².